The van der Waals surface area contributed by atoms with E-state index in [4.69, 9.17) is 16.3 Å². The fourth-order valence-electron chi connectivity index (χ4n) is 4.76. The lowest BCUT2D eigenvalue weighted by molar-refractivity contribution is -0.384. The molecule has 0 aromatic heterocycles. The van der Waals surface area contributed by atoms with Crippen LogP contribution in [0.3, 0.4) is 0 Å². The van der Waals surface area contributed by atoms with Gasteiger partial charge in [0.25, 0.3) is 5.69 Å². The third-order valence-electron chi connectivity index (χ3n) is 6.46. The fraction of sp³-hybridized carbons (Fsp3) is 0.192. The molecule has 0 saturated heterocycles. The predicted molar refractivity (Wildman–Crippen MR) is 129 cm³/mol. The second-order valence-electron chi connectivity index (χ2n) is 8.48. The summed E-state index contributed by atoms with van der Waals surface area (Å²) in [7, 11) is 0. The number of ether oxygens (including phenoxy) is 1. The molecule has 3 atom stereocenters. The molecular weight excluding hydrogens is 456 g/mol. The highest BCUT2D eigenvalue weighted by molar-refractivity contribution is 6.33. The highest BCUT2D eigenvalue weighted by Gasteiger charge is 2.39. The first kappa shape index (κ1) is 22.0. The Balaban J connectivity index is 1.33. The smallest absolute Gasteiger partial charge is 0.335 e. The van der Waals surface area contributed by atoms with Crippen molar-refractivity contribution in [1.82, 2.24) is 0 Å². The van der Waals surface area contributed by atoms with Gasteiger partial charge in [0.1, 0.15) is 12.4 Å². The van der Waals surface area contributed by atoms with Gasteiger partial charge < -0.3 is 15.2 Å². The minimum absolute atomic E-state index is 0.0180. The van der Waals surface area contributed by atoms with Crippen molar-refractivity contribution in [3.63, 3.8) is 0 Å². The molecule has 172 valence electrons. The number of benzene rings is 3. The summed E-state index contributed by atoms with van der Waals surface area (Å²) in [5.41, 5.74) is 3.87. The number of hydrogen-bond acceptors (Lipinski definition) is 5. The van der Waals surface area contributed by atoms with Crippen molar-refractivity contribution >= 4 is 28.9 Å². The minimum atomic E-state index is -0.991. The molecule has 5 rings (SSSR count). The summed E-state index contributed by atoms with van der Waals surface area (Å²) in [5, 5.41) is 24.2. The van der Waals surface area contributed by atoms with E-state index in [1.807, 2.05) is 24.3 Å². The van der Waals surface area contributed by atoms with Crippen LogP contribution in [0.15, 0.2) is 72.8 Å². The predicted octanol–water partition coefficient (Wildman–Crippen LogP) is 6.35. The SMILES string of the molecule is O=C(O)c1cc(Cl)c2c(c1)[C@@H]1C=CC[C@@H]1[C@H](c1ccc(OCc3ccc([N+](=O)[O-])cc3)cc1)N2. The molecule has 1 heterocycles. The number of nitro benzene ring substituents is 1. The molecule has 7 nitrogen and oxygen atoms in total. The molecule has 0 bridgehead atoms. The normalized spacial score (nSPS) is 20.2. The summed E-state index contributed by atoms with van der Waals surface area (Å²) >= 11 is 6.48. The van der Waals surface area contributed by atoms with Crippen LogP contribution < -0.4 is 10.1 Å². The lowest BCUT2D eigenvalue weighted by Crippen LogP contribution is -2.29. The van der Waals surface area contributed by atoms with Gasteiger partial charge >= 0.3 is 5.97 Å². The molecule has 0 radical (unpaired) electrons. The average Bonchev–Trinajstić information content (AvgIpc) is 3.33. The van der Waals surface area contributed by atoms with Crippen LogP contribution in [0, 0.1) is 16.0 Å². The van der Waals surface area contributed by atoms with Gasteiger partial charge in [0.15, 0.2) is 0 Å². The molecule has 1 aliphatic carbocycles. The average molecular weight is 477 g/mol. The molecule has 3 aromatic rings. The van der Waals surface area contributed by atoms with Crippen LogP contribution >= 0.6 is 11.6 Å². The summed E-state index contributed by atoms with van der Waals surface area (Å²) in [6.07, 6.45) is 5.16. The Morgan fingerprint density at radius 3 is 2.56 bits per heavy atom. The zero-order valence-corrected chi connectivity index (χ0v) is 18.7. The fourth-order valence-corrected chi connectivity index (χ4v) is 5.04. The maximum absolute atomic E-state index is 11.5. The number of carboxylic acids is 1. The first-order chi connectivity index (χ1) is 16.4. The van der Waals surface area contributed by atoms with Crippen LogP contribution in [0.2, 0.25) is 5.02 Å². The summed E-state index contributed by atoms with van der Waals surface area (Å²) in [5.74, 6) is 0.0498. The minimum Gasteiger partial charge on any atom is -0.489 e. The number of nitro groups is 1. The zero-order valence-electron chi connectivity index (χ0n) is 18.0. The lowest BCUT2D eigenvalue weighted by Gasteiger charge is -2.38. The van der Waals surface area contributed by atoms with Gasteiger partial charge in [-0.3, -0.25) is 10.1 Å². The molecule has 8 heteroatoms. The Morgan fingerprint density at radius 2 is 1.88 bits per heavy atom. The first-order valence-corrected chi connectivity index (χ1v) is 11.2. The standard InChI is InChI=1S/C26H21ClN2O5/c27-23-13-17(26(30)31)12-22-20-2-1-3-21(20)24(28-25(22)23)16-6-10-19(11-7-16)34-14-15-4-8-18(9-5-15)29(32)33/h1-2,4-13,20-21,24,28H,3,14H2,(H,30,31)/t20-,21+,24+/m1/s1. The van der Waals surface area contributed by atoms with E-state index in [0.717, 1.165) is 28.8 Å². The van der Waals surface area contributed by atoms with Crippen molar-refractivity contribution in [2.45, 2.75) is 25.0 Å². The van der Waals surface area contributed by atoms with E-state index in [9.17, 15) is 20.0 Å². The van der Waals surface area contributed by atoms with Gasteiger partial charge in [0.05, 0.1) is 27.2 Å². The van der Waals surface area contributed by atoms with Crippen LogP contribution in [0.25, 0.3) is 0 Å². The number of anilines is 1. The Labute approximate surface area is 200 Å². The Hall–Kier alpha value is -3.84. The molecule has 0 amide bonds. The molecule has 1 aliphatic heterocycles. The highest BCUT2D eigenvalue weighted by Crippen LogP contribution is 2.51. The van der Waals surface area contributed by atoms with Gasteiger partial charge in [-0.05, 0) is 65.4 Å². The Kier molecular flexibility index (Phi) is 5.71. The topological polar surface area (TPSA) is 102 Å². The summed E-state index contributed by atoms with van der Waals surface area (Å²) in [6, 6.07) is 17.4. The van der Waals surface area contributed by atoms with Crippen LogP contribution in [-0.2, 0) is 6.61 Å². The molecule has 0 saturated carbocycles. The van der Waals surface area contributed by atoms with E-state index in [1.54, 1.807) is 18.2 Å². The van der Waals surface area contributed by atoms with Gasteiger partial charge in [0.2, 0.25) is 0 Å². The number of hydrogen-bond donors (Lipinski definition) is 2. The van der Waals surface area contributed by atoms with Crippen molar-refractivity contribution < 1.29 is 19.6 Å². The third-order valence-corrected chi connectivity index (χ3v) is 6.76. The van der Waals surface area contributed by atoms with Crippen molar-refractivity contribution in [3.8, 4) is 5.75 Å². The summed E-state index contributed by atoms with van der Waals surface area (Å²) < 4.78 is 5.85. The second kappa shape index (κ2) is 8.83. The summed E-state index contributed by atoms with van der Waals surface area (Å²) in [4.78, 5) is 21.9. The van der Waals surface area contributed by atoms with E-state index in [0.29, 0.717) is 17.4 Å². The molecule has 0 spiro atoms. The molecule has 34 heavy (non-hydrogen) atoms. The lowest BCUT2D eigenvalue weighted by atomic mass is 9.76. The number of rotatable bonds is 6. The van der Waals surface area contributed by atoms with Crippen LogP contribution in [0.1, 0.15) is 45.4 Å². The molecule has 0 unspecified atom stereocenters. The van der Waals surface area contributed by atoms with Gasteiger partial charge in [-0.15, -0.1) is 0 Å². The van der Waals surface area contributed by atoms with E-state index in [-0.39, 0.29) is 29.1 Å². The van der Waals surface area contributed by atoms with E-state index >= 15 is 0 Å². The van der Waals surface area contributed by atoms with Gasteiger partial charge in [-0.25, -0.2) is 4.79 Å². The van der Waals surface area contributed by atoms with E-state index in [1.165, 1.54) is 18.2 Å². The van der Waals surface area contributed by atoms with Crippen LogP contribution in [-0.4, -0.2) is 16.0 Å². The van der Waals surface area contributed by atoms with Gasteiger partial charge in [0, 0.05) is 18.1 Å². The Bertz CT molecular complexity index is 1290. The van der Waals surface area contributed by atoms with Crippen LogP contribution in [0.5, 0.6) is 5.75 Å². The maximum atomic E-state index is 11.5. The number of non-ortho nitro benzene ring substituents is 1. The van der Waals surface area contributed by atoms with Gasteiger partial charge in [-0.1, -0.05) is 35.9 Å². The molecular formula is C26H21ClN2O5. The number of carboxylic acid groups (broad SMARTS) is 1. The summed E-state index contributed by atoms with van der Waals surface area (Å²) in [6.45, 7) is 0.308. The number of halogens is 1. The van der Waals surface area contributed by atoms with Crippen molar-refractivity contribution in [3.05, 3.63) is 110 Å². The quantitative estimate of drug-likeness (QED) is 0.244. The first-order valence-electron chi connectivity index (χ1n) is 10.9. The number of carbonyl (C=O) groups is 1. The molecule has 2 N–H and O–H groups in total. The van der Waals surface area contributed by atoms with E-state index in [2.05, 4.69) is 17.5 Å². The van der Waals surface area contributed by atoms with Crippen LogP contribution in [0.4, 0.5) is 11.4 Å². The highest BCUT2D eigenvalue weighted by atomic mass is 35.5. The number of nitrogens with zero attached hydrogens (tertiary/aromatic N) is 1. The van der Waals surface area contributed by atoms with E-state index < -0.39 is 10.9 Å². The molecule has 0 fully saturated rings. The zero-order chi connectivity index (χ0) is 23.8. The second-order valence-corrected chi connectivity index (χ2v) is 8.89. The number of aromatic carboxylic acids is 1. The largest absolute Gasteiger partial charge is 0.489 e. The van der Waals surface area contributed by atoms with Gasteiger partial charge in [-0.2, -0.15) is 0 Å². The maximum Gasteiger partial charge on any atom is 0.335 e. The van der Waals surface area contributed by atoms with Crippen molar-refractivity contribution in [2.75, 3.05) is 5.32 Å². The number of nitrogens with one attached hydrogen (secondary N) is 1. The monoisotopic (exact) mass is 476 g/mol. The number of fused-ring (bicyclic) bond motifs is 3. The number of allylic oxidation sites excluding steroid dienone is 2. The van der Waals surface area contributed by atoms with Crippen molar-refractivity contribution in [2.24, 2.45) is 5.92 Å². The van der Waals surface area contributed by atoms with Crippen molar-refractivity contribution in [1.29, 1.82) is 0 Å². The third kappa shape index (κ3) is 4.10. The molecule has 3 aromatic carbocycles. The molecule has 2 aliphatic rings. The Morgan fingerprint density at radius 1 is 1.15 bits per heavy atom.